The number of hydrogen-bond donors (Lipinski definition) is 2. The molecule has 2 N–H and O–H groups in total. The molecule has 23 heavy (non-hydrogen) atoms. The minimum absolute atomic E-state index is 0. The van der Waals surface area contributed by atoms with Gasteiger partial charge < -0.3 is 15.4 Å². The lowest BCUT2D eigenvalue weighted by molar-refractivity contribution is -0.120. The van der Waals surface area contributed by atoms with Gasteiger partial charge in [-0.1, -0.05) is 29.8 Å². The number of hydrogen-bond acceptors (Lipinski definition) is 4. The molecule has 0 saturated heterocycles. The zero-order valence-corrected chi connectivity index (χ0v) is 15.1. The second-order valence-electron chi connectivity index (χ2n) is 4.74. The molecular weight excluding hydrogens is 355 g/mol. The summed E-state index contributed by atoms with van der Waals surface area (Å²) < 4.78 is 4.94. The van der Waals surface area contributed by atoms with E-state index in [2.05, 4.69) is 10.6 Å². The summed E-state index contributed by atoms with van der Waals surface area (Å²) in [5.41, 5.74) is 1.01. The molecule has 0 fully saturated rings. The normalized spacial score (nSPS) is 11.6. The Kier molecular flexibility index (Phi) is 9.21. The predicted molar refractivity (Wildman–Crippen MR) is 97.8 cm³/mol. The van der Waals surface area contributed by atoms with Gasteiger partial charge in [-0.2, -0.15) is 0 Å². The van der Waals surface area contributed by atoms with Crippen molar-refractivity contribution in [3.05, 3.63) is 57.2 Å². The highest BCUT2D eigenvalue weighted by molar-refractivity contribution is 7.10. The van der Waals surface area contributed by atoms with Crippen LogP contribution in [0.3, 0.4) is 0 Å². The van der Waals surface area contributed by atoms with Crippen molar-refractivity contribution in [3.8, 4) is 0 Å². The van der Waals surface area contributed by atoms with E-state index in [4.69, 9.17) is 16.3 Å². The first-order chi connectivity index (χ1) is 10.7. The van der Waals surface area contributed by atoms with Crippen LogP contribution in [0.5, 0.6) is 0 Å². The summed E-state index contributed by atoms with van der Waals surface area (Å²) in [5.74, 6) is -0.0514. The minimum Gasteiger partial charge on any atom is -0.383 e. The summed E-state index contributed by atoms with van der Waals surface area (Å²) in [5, 5.41) is 8.78. The molecule has 126 valence electrons. The van der Waals surface area contributed by atoms with Crippen LogP contribution >= 0.6 is 35.3 Å². The lowest BCUT2D eigenvalue weighted by Gasteiger charge is -2.18. The van der Waals surface area contributed by atoms with Crippen LogP contribution < -0.4 is 10.6 Å². The molecule has 0 aliphatic carbocycles. The lowest BCUT2D eigenvalue weighted by Crippen LogP contribution is -2.37. The van der Waals surface area contributed by atoms with Crippen molar-refractivity contribution in [2.75, 3.05) is 26.8 Å². The van der Waals surface area contributed by atoms with Crippen molar-refractivity contribution in [3.63, 3.8) is 0 Å². The number of methoxy groups -OCH3 is 1. The first-order valence-electron chi connectivity index (χ1n) is 6.98. The maximum Gasteiger partial charge on any atom is 0.234 e. The Morgan fingerprint density at radius 3 is 2.65 bits per heavy atom. The van der Waals surface area contributed by atoms with Gasteiger partial charge in [0.2, 0.25) is 5.91 Å². The average Bonchev–Trinajstić information content (AvgIpc) is 3.04. The Balaban J connectivity index is 0.00000264. The van der Waals surface area contributed by atoms with E-state index < -0.39 is 0 Å². The Bertz CT molecular complexity index is 576. The molecule has 0 bridgehead atoms. The Morgan fingerprint density at radius 2 is 2.04 bits per heavy atom. The molecule has 0 radical (unpaired) electrons. The van der Waals surface area contributed by atoms with Crippen LogP contribution in [0, 0.1) is 0 Å². The van der Waals surface area contributed by atoms with Gasteiger partial charge in [0.25, 0.3) is 0 Å². The van der Waals surface area contributed by atoms with E-state index >= 15 is 0 Å². The Labute approximate surface area is 151 Å². The van der Waals surface area contributed by atoms with Crippen LogP contribution in [-0.4, -0.2) is 32.7 Å². The largest absolute Gasteiger partial charge is 0.383 e. The smallest absolute Gasteiger partial charge is 0.234 e. The maximum absolute atomic E-state index is 12.1. The van der Waals surface area contributed by atoms with Crippen LogP contribution in [-0.2, 0) is 9.53 Å². The van der Waals surface area contributed by atoms with E-state index in [1.807, 2.05) is 41.8 Å². The van der Waals surface area contributed by atoms with Crippen LogP contribution in [0.1, 0.15) is 16.5 Å². The van der Waals surface area contributed by atoms with E-state index in [1.54, 1.807) is 18.4 Å². The molecule has 2 aromatic rings. The lowest BCUT2D eigenvalue weighted by atomic mass is 10.1. The fourth-order valence-electron chi connectivity index (χ4n) is 2.02. The number of ether oxygens (including phenoxy) is 1. The Hall–Kier alpha value is -1.11. The second-order valence-corrected chi connectivity index (χ2v) is 6.15. The standard InChI is InChI=1S/C16H19ClN2O2S.ClH/c1-21-9-8-18-11-15(20)19-16(14-3-2-10-22-14)12-4-6-13(17)7-5-12;/h2-7,10,16,18H,8-9,11H2,1H3,(H,19,20);1H. The van der Waals surface area contributed by atoms with Crippen molar-refractivity contribution in [2.24, 2.45) is 0 Å². The van der Waals surface area contributed by atoms with Gasteiger partial charge in [0.05, 0.1) is 19.2 Å². The third-order valence-corrected chi connectivity index (χ3v) is 4.29. The molecule has 2 rings (SSSR count). The van der Waals surface area contributed by atoms with Gasteiger partial charge >= 0.3 is 0 Å². The number of halogens is 2. The fourth-order valence-corrected chi connectivity index (χ4v) is 2.95. The number of carbonyl (C=O) groups excluding carboxylic acids is 1. The number of thiophene rings is 1. The first-order valence-corrected chi connectivity index (χ1v) is 8.24. The second kappa shape index (κ2) is 10.6. The van der Waals surface area contributed by atoms with E-state index in [9.17, 15) is 4.79 Å². The van der Waals surface area contributed by atoms with Crippen molar-refractivity contribution in [2.45, 2.75) is 6.04 Å². The van der Waals surface area contributed by atoms with Crippen LogP contribution in [0.4, 0.5) is 0 Å². The van der Waals surface area contributed by atoms with E-state index in [0.29, 0.717) is 18.2 Å². The van der Waals surface area contributed by atoms with Gasteiger partial charge in [-0.25, -0.2) is 0 Å². The summed E-state index contributed by atoms with van der Waals surface area (Å²) in [4.78, 5) is 13.2. The predicted octanol–water partition coefficient (Wildman–Crippen LogP) is 3.26. The van der Waals surface area contributed by atoms with E-state index in [0.717, 1.165) is 10.4 Å². The third kappa shape index (κ3) is 6.49. The summed E-state index contributed by atoms with van der Waals surface area (Å²) in [6, 6.07) is 11.4. The van der Waals surface area contributed by atoms with Gasteiger partial charge in [-0.3, -0.25) is 4.79 Å². The quantitative estimate of drug-likeness (QED) is 0.697. The van der Waals surface area contributed by atoms with Crippen molar-refractivity contribution >= 4 is 41.3 Å². The van der Waals surface area contributed by atoms with Gasteiger partial charge in [0.15, 0.2) is 0 Å². The molecule has 1 aromatic heterocycles. The molecule has 1 unspecified atom stereocenters. The van der Waals surface area contributed by atoms with Gasteiger partial charge in [-0.15, -0.1) is 23.7 Å². The van der Waals surface area contributed by atoms with Crippen LogP contribution in [0.25, 0.3) is 0 Å². The number of rotatable bonds is 8. The van der Waals surface area contributed by atoms with Crippen LogP contribution in [0.15, 0.2) is 41.8 Å². The molecular formula is C16H20Cl2N2O2S. The molecule has 0 aliphatic heterocycles. The molecule has 7 heteroatoms. The SMILES string of the molecule is COCCNCC(=O)NC(c1ccc(Cl)cc1)c1cccs1.Cl. The van der Waals surface area contributed by atoms with E-state index in [1.165, 1.54) is 0 Å². The summed E-state index contributed by atoms with van der Waals surface area (Å²) in [6.45, 7) is 1.49. The summed E-state index contributed by atoms with van der Waals surface area (Å²) in [6.07, 6.45) is 0. The topological polar surface area (TPSA) is 50.4 Å². The van der Waals surface area contributed by atoms with Gasteiger partial charge in [0, 0.05) is 23.6 Å². The molecule has 1 amide bonds. The number of carbonyl (C=O) groups is 1. The van der Waals surface area contributed by atoms with Crippen molar-refractivity contribution in [1.82, 2.24) is 10.6 Å². The molecule has 1 atom stereocenters. The summed E-state index contributed by atoms with van der Waals surface area (Å²) in [7, 11) is 1.63. The third-order valence-electron chi connectivity index (χ3n) is 3.10. The molecule has 0 saturated carbocycles. The molecule has 1 aromatic carbocycles. The van der Waals surface area contributed by atoms with Gasteiger partial charge in [-0.05, 0) is 29.1 Å². The maximum atomic E-state index is 12.1. The molecule has 0 spiro atoms. The number of amides is 1. The van der Waals surface area contributed by atoms with Crippen LogP contribution in [0.2, 0.25) is 5.02 Å². The average molecular weight is 375 g/mol. The summed E-state index contributed by atoms with van der Waals surface area (Å²) >= 11 is 7.55. The number of benzene rings is 1. The minimum atomic E-state index is -0.158. The first kappa shape index (κ1) is 19.9. The zero-order valence-electron chi connectivity index (χ0n) is 12.8. The zero-order chi connectivity index (χ0) is 15.8. The van der Waals surface area contributed by atoms with E-state index in [-0.39, 0.29) is 30.9 Å². The highest BCUT2D eigenvalue weighted by Gasteiger charge is 2.17. The van der Waals surface area contributed by atoms with Crippen molar-refractivity contribution in [1.29, 1.82) is 0 Å². The highest BCUT2D eigenvalue weighted by Crippen LogP contribution is 2.26. The number of nitrogens with one attached hydrogen (secondary N) is 2. The molecule has 4 nitrogen and oxygen atoms in total. The van der Waals surface area contributed by atoms with Gasteiger partial charge in [0.1, 0.15) is 0 Å². The monoisotopic (exact) mass is 374 g/mol. The fraction of sp³-hybridized carbons (Fsp3) is 0.312. The molecule has 0 aliphatic rings. The highest BCUT2D eigenvalue weighted by atomic mass is 35.5. The van der Waals surface area contributed by atoms with Crippen molar-refractivity contribution < 1.29 is 9.53 Å². The molecule has 1 heterocycles. The Morgan fingerprint density at radius 1 is 1.30 bits per heavy atom.